The number of ether oxygens (including phenoxy) is 1. The van der Waals surface area contributed by atoms with Crippen LogP contribution in [0.15, 0.2) is 12.2 Å². The molecule has 0 aliphatic heterocycles. The molecule has 5 nitrogen and oxygen atoms in total. The maximum absolute atomic E-state index is 10.7. The molecule has 0 fully saturated rings. The molecule has 0 radical (unpaired) electrons. The van der Waals surface area contributed by atoms with E-state index >= 15 is 0 Å². The minimum absolute atomic E-state index is 0. The zero-order chi connectivity index (χ0) is 10.5. The molecule has 0 bridgehead atoms. The van der Waals surface area contributed by atoms with Gasteiger partial charge in [-0.25, -0.2) is 13.2 Å². The fourth-order valence-electron chi connectivity index (χ4n) is 0.524. The third kappa shape index (κ3) is 9.80. The quantitative estimate of drug-likeness (QED) is 0.160. The monoisotopic (exact) mass is 214 g/mol. The molecule has 0 unspecified atom stereocenters. The van der Waals surface area contributed by atoms with E-state index in [0.717, 1.165) is 0 Å². The van der Waals surface area contributed by atoms with Gasteiger partial charge in [0.15, 0.2) is 0 Å². The number of carbonyl (C=O) groups is 1. The van der Waals surface area contributed by atoms with Crippen molar-refractivity contribution in [2.45, 2.75) is 13.3 Å². The second-order valence-corrected chi connectivity index (χ2v) is 4.06. The predicted octanol–water partition coefficient (Wildman–Crippen LogP) is -2.95. The average Bonchev–Trinajstić information content (AvgIpc) is 1.95. The smallest absolute Gasteiger partial charge is 0.748 e. The molecule has 7 heteroatoms. The second kappa shape index (κ2) is 7.07. The molecule has 14 heavy (non-hydrogen) atoms. The van der Waals surface area contributed by atoms with Gasteiger partial charge in [0.25, 0.3) is 0 Å². The van der Waals surface area contributed by atoms with Crippen molar-refractivity contribution in [2.75, 3.05) is 12.4 Å². The molecular weight excluding hydrogens is 203 g/mol. The summed E-state index contributed by atoms with van der Waals surface area (Å²) in [5, 5.41) is 0. The molecular formula is C7H11LiO5S. The molecule has 76 valence electrons. The van der Waals surface area contributed by atoms with Gasteiger partial charge in [0, 0.05) is 11.3 Å². The first-order chi connectivity index (χ1) is 5.83. The van der Waals surface area contributed by atoms with Crippen molar-refractivity contribution >= 4 is 16.1 Å². The molecule has 0 amide bonds. The van der Waals surface area contributed by atoms with Crippen molar-refractivity contribution < 1.29 is 41.4 Å². The van der Waals surface area contributed by atoms with Crippen molar-refractivity contribution in [1.82, 2.24) is 0 Å². The molecule has 0 aromatic rings. The van der Waals surface area contributed by atoms with Crippen LogP contribution in [0.3, 0.4) is 0 Å². The first kappa shape index (κ1) is 16.2. The van der Waals surface area contributed by atoms with E-state index in [1.807, 2.05) is 0 Å². The Hall–Kier alpha value is -0.283. The van der Waals surface area contributed by atoms with Gasteiger partial charge >= 0.3 is 24.8 Å². The first-order valence-corrected chi connectivity index (χ1v) is 5.17. The average molecular weight is 214 g/mol. The van der Waals surface area contributed by atoms with Gasteiger partial charge in [-0.3, -0.25) is 0 Å². The molecule has 0 atom stereocenters. The Labute approximate surface area is 95.4 Å². The van der Waals surface area contributed by atoms with Gasteiger partial charge in [0.1, 0.15) is 0 Å². The molecule has 0 saturated heterocycles. The molecule has 0 spiro atoms. The van der Waals surface area contributed by atoms with Gasteiger partial charge < -0.3 is 9.29 Å². The molecule has 0 saturated carbocycles. The van der Waals surface area contributed by atoms with Crippen LogP contribution in [0, 0.1) is 0 Å². The van der Waals surface area contributed by atoms with Crippen LogP contribution < -0.4 is 18.9 Å². The minimum atomic E-state index is -4.21. The maximum atomic E-state index is 10.7. The maximum Gasteiger partial charge on any atom is 1.00 e. The van der Waals surface area contributed by atoms with E-state index in [0.29, 0.717) is 0 Å². The summed E-state index contributed by atoms with van der Waals surface area (Å²) < 4.78 is 34.8. The minimum Gasteiger partial charge on any atom is -0.748 e. The number of carbonyl (C=O) groups excluding carboxylic acids is 1. The Morgan fingerprint density at radius 3 is 2.36 bits per heavy atom. The van der Waals surface area contributed by atoms with Crippen LogP contribution in [-0.2, 0) is 19.6 Å². The van der Waals surface area contributed by atoms with Crippen LogP contribution in [0.4, 0.5) is 0 Å². The summed E-state index contributed by atoms with van der Waals surface area (Å²) in [5.41, 5.74) is 0.241. The van der Waals surface area contributed by atoms with Gasteiger partial charge in [-0.1, -0.05) is 6.58 Å². The van der Waals surface area contributed by atoms with Crippen molar-refractivity contribution in [2.24, 2.45) is 0 Å². The Bertz CT molecular complexity index is 295. The Balaban J connectivity index is 0. The van der Waals surface area contributed by atoms with Crippen molar-refractivity contribution in [3.63, 3.8) is 0 Å². The van der Waals surface area contributed by atoms with E-state index in [1.165, 1.54) is 6.92 Å². The van der Waals surface area contributed by atoms with E-state index in [-0.39, 0.29) is 37.5 Å². The van der Waals surface area contributed by atoms with Gasteiger partial charge in [-0.15, -0.1) is 0 Å². The summed E-state index contributed by atoms with van der Waals surface area (Å²) in [7, 11) is -4.21. The number of hydrogen-bond donors (Lipinski definition) is 0. The molecule has 0 aromatic carbocycles. The fraction of sp³-hybridized carbons (Fsp3) is 0.571. The van der Waals surface area contributed by atoms with Gasteiger partial charge in [0.2, 0.25) is 0 Å². The second-order valence-electron chi connectivity index (χ2n) is 2.53. The van der Waals surface area contributed by atoms with Crippen LogP contribution >= 0.6 is 0 Å². The van der Waals surface area contributed by atoms with Gasteiger partial charge in [0.05, 0.1) is 16.7 Å². The summed E-state index contributed by atoms with van der Waals surface area (Å²) in [6.45, 7) is 4.73. The van der Waals surface area contributed by atoms with Crippen LogP contribution in [0.2, 0.25) is 0 Å². The third-order valence-electron chi connectivity index (χ3n) is 1.12. The van der Waals surface area contributed by atoms with Gasteiger partial charge in [-0.05, 0) is 13.3 Å². The normalized spacial score (nSPS) is 10.1. The van der Waals surface area contributed by atoms with E-state index in [2.05, 4.69) is 11.3 Å². The summed E-state index contributed by atoms with van der Waals surface area (Å²) >= 11 is 0. The van der Waals surface area contributed by atoms with E-state index in [4.69, 9.17) is 0 Å². The number of esters is 1. The van der Waals surface area contributed by atoms with E-state index in [1.54, 1.807) is 0 Å². The van der Waals surface area contributed by atoms with Crippen LogP contribution in [0.5, 0.6) is 0 Å². The summed E-state index contributed by atoms with van der Waals surface area (Å²) in [4.78, 5) is 10.7. The zero-order valence-corrected chi connectivity index (χ0v) is 9.09. The third-order valence-corrected chi connectivity index (χ3v) is 1.91. The topological polar surface area (TPSA) is 83.5 Å². The number of rotatable bonds is 5. The van der Waals surface area contributed by atoms with Crippen LogP contribution in [0.25, 0.3) is 0 Å². The summed E-state index contributed by atoms with van der Waals surface area (Å²) in [6.07, 6.45) is 0.0187. The van der Waals surface area contributed by atoms with Gasteiger partial charge in [-0.2, -0.15) is 0 Å². The van der Waals surface area contributed by atoms with E-state index < -0.39 is 21.8 Å². The van der Waals surface area contributed by atoms with E-state index in [9.17, 15) is 17.8 Å². The van der Waals surface area contributed by atoms with Crippen molar-refractivity contribution in [3.8, 4) is 0 Å². The SMILES string of the molecule is C=C(C)C(=O)OCCCS(=O)(=O)[O-].[Li+]. The van der Waals surface area contributed by atoms with Crippen molar-refractivity contribution in [3.05, 3.63) is 12.2 Å². The van der Waals surface area contributed by atoms with Crippen LogP contribution in [0.1, 0.15) is 13.3 Å². The Kier molecular flexibility index (Phi) is 8.16. The molecule has 0 aromatic heterocycles. The fourth-order valence-corrected chi connectivity index (χ4v) is 0.995. The predicted molar refractivity (Wildman–Crippen MR) is 45.0 cm³/mol. The Morgan fingerprint density at radius 1 is 1.50 bits per heavy atom. The molecule has 0 heterocycles. The largest absolute Gasteiger partial charge is 1.00 e. The number of hydrogen-bond acceptors (Lipinski definition) is 5. The standard InChI is InChI=1S/C7H12O5S.Li/c1-6(2)7(8)12-4-3-5-13(9,10)11;/h1,3-5H2,2H3,(H,9,10,11);/q;+1/p-1. The molecule has 0 rings (SSSR count). The summed E-state index contributed by atoms with van der Waals surface area (Å²) in [6, 6.07) is 0. The summed E-state index contributed by atoms with van der Waals surface area (Å²) in [5.74, 6) is -1.10. The van der Waals surface area contributed by atoms with Crippen molar-refractivity contribution in [1.29, 1.82) is 0 Å². The van der Waals surface area contributed by atoms with Crippen LogP contribution in [-0.4, -0.2) is 31.3 Å². The molecule has 0 aliphatic rings. The molecule has 0 N–H and O–H groups in total. The Morgan fingerprint density at radius 2 is 2.00 bits per heavy atom. The zero-order valence-electron chi connectivity index (χ0n) is 8.28. The molecule has 0 aliphatic carbocycles. The first-order valence-electron chi connectivity index (χ1n) is 3.59.